The maximum Gasteiger partial charge on any atom is 0.338 e. The second kappa shape index (κ2) is 6.39. The number of aryl methyl sites for hydroxylation is 1. The molecule has 0 aliphatic heterocycles. The van der Waals surface area contributed by atoms with E-state index >= 15 is 0 Å². The summed E-state index contributed by atoms with van der Waals surface area (Å²) in [6, 6.07) is 3.58. The number of esters is 1. The van der Waals surface area contributed by atoms with Crippen molar-refractivity contribution in [1.82, 2.24) is 10.6 Å². The van der Waals surface area contributed by atoms with Gasteiger partial charge in [0.2, 0.25) is 0 Å². The lowest BCUT2D eigenvalue weighted by atomic mass is 10.1. The molecule has 0 atom stereocenters. The molecule has 7 nitrogen and oxygen atoms in total. The van der Waals surface area contributed by atoms with Crippen LogP contribution < -0.4 is 10.6 Å². The molecule has 0 aliphatic rings. The molecule has 0 saturated carbocycles. The fraction of sp³-hybridized carbons (Fsp3) is 0.250. The van der Waals surface area contributed by atoms with Crippen LogP contribution in [0, 0.1) is 6.92 Å². The molecule has 0 saturated heterocycles. The first-order valence-electron chi connectivity index (χ1n) is 5.42. The molecule has 0 bridgehead atoms. The lowest BCUT2D eigenvalue weighted by molar-refractivity contribution is -0.123. The van der Waals surface area contributed by atoms with E-state index in [1.165, 1.54) is 19.2 Å². The van der Waals surface area contributed by atoms with Crippen molar-refractivity contribution < 1.29 is 24.2 Å². The molecule has 1 aromatic rings. The van der Waals surface area contributed by atoms with Gasteiger partial charge in [0.05, 0.1) is 5.56 Å². The van der Waals surface area contributed by atoms with Crippen molar-refractivity contribution in [2.45, 2.75) is 6.92 Å². The van der Waals surface area contributed by atoms with Crippen LogP contribution in [0.5, 0.6) is 5.75 Å². The first kappa shape index (κ1) is 14.5. The minimum Gasteiger partial charge on any atom is -0.508 e. The summed E-state index contributed by atoms with van der Waals surface area (Å²) in [5.74, 6) is -1.55. The van der Waals surface area contributed by atoms with E-state index in [1.807, 2.05) is 5.32 Å². The summed E-state index contributed by atoms with van der Waals surface area (Å²) in [5, 5.41) is 13.6. The van der Waals surface area contributed by atoms with Gasteiger partial charge in [-0.3, -0.25) is 10.1 Å². The number of hydrogen-bond donors (Lipinski definition) is 3. The van der Waals surface area contributed by atoms with Crippen LogP contribution in [0.2, 0.25) is 0 Å². The van der Waals surface area contributed by atoms with E-state index in [4.69, 9.17) is 0 Å². The van der Waals surface area contributed by atoms with Gasteiger partial charge in [-0.1, -0.05) is 6.07 Å². The number of benzene rings is 1. The number of aromatic hydroxyl groups is 1. The Kier molecular flexibility index (Phi) is 4.87. The van der Waals surface area contributed by atoms with Crippen molar-refractivity contribution in [3.05, 3.63) is 29.3 Å². The lowest BCUT2D eigenvalue weighted by Crippen LogP contribution is -2.39. The van der Waals surface area contributed by atoms with Crippen LogP contribution in [0.25, 0.3) is 0 Å². The highest BCUT2D eigenvalue weighted by atomic mass is 16.5. The molecule has 7 heteroatoms. The number of hydrogen-bond acceptors (Lipinski definition) is 5. The number of imide groups is 1. The summed E-state index contributed by atoms with van der Waals surface area (Å²) in [4.78, 5) is 33.5. The zero-order chi connectivity index (χ0) is 14.4. The molecule has 0 heterocycles. The molecule has 0 unspecified atom stereocenters. The molecule has 1 aromatic carbocycles. The SMILES string of the molecule is CNC(=O)NC(=O)COC(=O)c1ccc(C)c(O)c1. The van der Waals surface area contributed by atoms with E-state index in [-0.39, 0.29) is 11.3 Å². The zero-order valence-electron chi connectivity index (χ0n) is 10.5. The molecule has 3 N–H and O–H groups in total. The third-order valence-electron chi connectivity index (χ3n) is 2.26. The molecule has 0 fully saturated rings. The maximum atomic E-state index is 11.6. The fourth-order valence-corrected chi connectivity index (χ4v) is 1.18. The van der Waals surface area contributed by atoms with Gasteiger partial charge in [0.1, 0.15) is 5.75 Å². The Morgan fingerprint density at radius 1 is 1.32 bits per heavy atom. The number of nitrogens with one attached hydrogen (secondary N) is 2. The predicted molar refractivity (Wildman–Crippen MR) is 65.7 cm³/mol. The van der Waals surface area contributed by atoms with Crippen molar-refractivity contribution in [2.75, 3.05) is 13.7 Å². The number of phenols is 1. The van der Waals surface area contributed by atoms with E-state index in [1.54, 1.807) is 13.0 Å². The Hall–Kier alpha value is -2.57. The third-order valence-corrected chi connectivity index (χ3v) is 2.26. The second-order valence-corrected chi connectivity index (χ2v) is 3.70. The second-order valence-electron chi connectivity index (χ2n) is 3.70. The molecule has 102 valence electrons. The molecule has 3 amide bonds. The number of phenolic OH excluding ortho intramolecular Hbond substituents is 1. The van der Waals surface area contributed by atoms with E-state index in [0.717, 1.165) is 0 Å². The number of urea groups is 1. The quantitative estimate of drug-likeness (QED) is 0.683. The first-order chi connectivity index (χ1) is 8.93. The van der Waals surface area contributed by atoms with Gasteiger partial charge in [0, 0.05) is 7.05 Å². The number of amides is 3. The Labute approximate surface area is 109 Å². The average Bonchev–Trinajstić information content (AvgIpc) is 2.39. The number of rotatable bonds is 3. The van der Waals surface area contributed by atoms with Gasteiger partial charge in [-0.2, -0.15) is 0 Å². The van der Waals surface area contributed by atoms with Gasteiger partial charge >= 0.3 is 12.0 Å². The van der Waals surface area contributed by atoms with Crippen LogP contribution in [0.3, 0.4) is 0 Å². The van der Waals surface area contributed by atoms with Crippen LogP contribution in [0.4, 0.5) is 4.79 Å². The van der Waals surface area contributed by atoms with E-state index in [9.17, 15) is 19.5 Å². The molecule has 19 heavy (non-hydrogen) atoms. The molecular weight excluding hydrogens is 252 g/mol. The Balaban J connectivity index is 2.53. The number of carbonyl (C=O) groups is 3. The topological polar surface area (TPSA) is 105 Å². The van der Waals surface area contributed by atoms with Gasteiger partial charge in [-0.15, -0.1) is 0 Å². The first-order valence-corrected chi connectivity index (χ1v) is 5.42. The van der Waals surface area contributed by atoms with Crippen LogP contribution in [-0.2, 0) is 9.53 Å². The summed E-state index contributed by atoms with van der Waals surface area (Å²) < 4.78 is 4.69. The molecule has 0 aromatic heterocycles. The maximum absolute atomic E-state index is 11.6. The third kappa shape index (κ3) is 4.30. The monoisotopic (exact) mass is 266 g/mol. The predicted octanol–water partition coefficient (Wildman–Crippen LogP) is 0.313. The molecule has 0 spiro atoms. The van der Waals surface area contributed by atoms with Gasteiger partial charge in [-0.25, -0.2) is 9.59 Å². The van der Waals surface area contributed by atoms with Crippen LogP contribution in [-0.4, -0.2) is 36.7 Å². The average molecular weight is 266 g/mol. The molecule has 0 aliphatic carbocycles. The highest BCUT2D eigenvalue weighted by Gasteiger charge is 2.12. The number of ether oxygens (including phenoxy) is 1. The van der Waals surface area contributed by atoms with Crippen LogP contribution >= 0.6 is 0 Å². The minimum atomic E-state index is -0.762. The standard InChI is InChI=1S/C12H14N2O5/c1-7-3-4-8(5-9(7)15)11(17)19-6-10(16)14-12(18)13-2/h3-5,15H,6H2,1-2H3,(H2,13,14,16,18). The minimum absolute atomic E-state index is 0.0377. The largest absolute Gasteiger partial charge is 0.508 e. The van der Waals surface area contributed by atoms with E-state index in [2.05, 4.69) is 10.1 Å². The summed E-state index contributed by atoms with van der Waals surface area (Å²) in [6.45, 7) is 1.10. The summed E-state index contributed by atoms with van der Waals surface area (Å²) in [5.41, 5.74) is 0.741. The normalized spacial score (nSPS) is 9.58. The van der Waals surface area contributed by atoms with Gasteiger partial charge in [0.25, 0.3) is 5.91 Å². The van der Waals surface area contributed by atoms with Crippen molar-refractivity contribution in [3.63, 3.8) is 0 Å². The number of carbonyl (C=O) groups excluding carboxylic acids is 3. The highest BCUT2D eigenvalue weighted by Crippen LogP contribution is 2.17. The lowest BCUT2D eigenvalue weighted by Gasteiger charge is -2.06. The summed E-state index contributed by atoms with van der Waals surface area (Å²) in [6.07, 6.45) is 0. The van der Waals surface area contributed by atoms with E-state index < -0.39 is 24.5 Å². The van der Waals surface area contributed by atoms with Crippen molar-refractivity contribution in [2.24, 2.45) is 0 Å². The van der Waals surface area contributed by atoms with Crippen molar-refractivity contribution in [3.8, 4) is 5.75 Å². The Bertz CT molecular complexity index is 513. The van der Waals surface area contributed by atoms with Gasteiger partial charge in [-0.05, 0) is 24.6 Å². The fourth-order valence-electron chi connectivity index (χ4n) is 1.18. The summed E-state index contributed by atoms with van der Waals surface area (Å²) in [7, 11) is 1.35. The van der Waals surface area contributed by atoms with Crippen molar-refractivity contribution >= 4 is 17.9 Å². The molecule has 1 rings (SSSR count). The smallest absolute Gasteiger partial charge is 0.338 e. The van der Waals surface area contributed by atoms with E-state index in [0.29, 0.717) is 5.56 Å². The zero-order valence-corrected chi connectivity index (χ0v) is 10.5. The van der Waals surface area contributed by atoms with Crippen LogP contribution in [0.1, 0.15) is 15.9 Å². The Morgan fingerprint density at radius 3 is 2.58 bits per heavy atom. The van der Waals surface area contributed by atoms with Crippen LogP contribution in [0.15, 0.2) is 18.2 Å². The Morgan fingerprint density at radius 2 is 2.00 bits per heavy atom. The van der Waals surface area contributed by atoms with Gasteiger partial charge in [0.15, 0.2) is 6.61 Å². The highest BCUT2D eigenvalue weighted by molar-refractivity contribution is 5.97. The molecule has 0 radical (unpaired) electrons. The molecular formula is C12H14N2O5. The van der Waals surface area contributed by atoms with Crippen molar-refractivity contribution in [1.29, 1.82) is 0 Å². The van der Waals surface area contributed by atoms with Gasteiger partial charge < -0.3 is 15.2 Å². The summed E-state index contributed by atoms with van der Waals surface area (Å²) >= 11 is 0.